The number of aryl methyl sites for hydroxylation is 1. The molecule has 4 rings (SSSR count). The number of rotatable bonds is 4. The summed E-state index contributed by atoms with van der Waals surface area (Å²) in [6, 6.07) is 0.784. The molecule has 1 atom stereocenters. The Morgan fingerprint density at radius 2 is 1.92 bits per heavy atom. The van der Waals surface area contributed by atoms with Crippen LogP contribution in [0.5, 0.6) is 0 Å². The van der Waals surface area contributed by atoms with E-state index in [1.54, 1.807) is 0 Å². The summed E-state index contributed by atoms with van der Waals surface area (Å²) < 4.78 is 0. The molecule has 2 fully saturated rings. The molecule has 1 saturated carbocycles. The van der Waals surface area contributed by atoms with Crippen molar-refractivity contribution in [1.29, 1.82) is 0 Å². The Hall–Kier alpha value is -1.49. The van der Waals surface area contributed by atoms with Gasteiger partial charge in [-0.05, 0) is 65.3 Å². The van der Waals surface area contributed by atoms with Gasteiger partial charge in [0.1, 0.15) is 11.6 Å². The van der Waals surface area contributed by atoms with Gasteiger partial charge in [-0.25, -0.2) is 9.97 Å². The number of piperidine rings is 1. The third kappa shape index (κ3) is 3.31. The summed E-state index contributed by atoms with van der Waals surface area (Å²) in [4.78, 5) is 26.9. The molecule has 1 saturated heterocycles. The maximum absolute atomic E-state index is 12.5. The zero-order chi connectivity index (χ0) is 17.6. The zero-order valence-electron chi connectivity index (χ0n) is 15.8. The number of carbonyl (C=O) groups is 1. The lowest BCUT2D eigenvalue weighted by Gasteiger charge is -2.38. The van der Waals surface area contributed by atoms with Crippen molar-refractivity contribution in [2.45, 2.75) is 77.8 Å². The number of hydrogen-bond donors (Lipinski definition) is 0. The fourth-order valence-corrected chi connectivity index (χ4v) is 4.35. The standard InChI is InChI=1S/C20H30N4O/c1-13(2)23-11-5-4-6-17(23)19-21-14(3)16-9-10-18(25)24(20(16)22-19)12-15-7-8-15/h13,15,17H,4-12H2,1-3H3. The number of aromatic nitrogens is 2. The van der Waals surface area contributed by atoms with Crippen LogP contribution in [0.25, 0.3) is 0 Å². The molecule has 0 radical (unpaired) electrons. The molecule has 1 unspecified atom stereocenters. The second-order valence-corrected chi connectivity index (χ2v) is 8.26. The predicted octanol–water partition coefficient (Wildman–Crippen LogP) is 3.41. The van der Waals surface area contributed by atoms with Crippen molar-refractivity contribution in [3.63, 3.8) is 0 Å². The van der Waals surface area contributed by atoms with Crippen molar-refractivity contribution in [2.24, 2.45) is 5.92 Å². The highest BCUT2D eigenvalue weighted by Gasteiger charge is 2.35. The Morgan fingerprint density at radius 3 is 2.64 bits per heavy atom. The molecule has 136 valence electrons. The van der Waals surface area contributed by atoms with Crippen molar-refractivity contribution in [2.75, 3.05) is 18.0 Å². The summed E-state index contributed by atoms with van der Waals surface area (Å²) in [5.41, 5.74) is 2.26. The minimum absolute atomic E-state index is 0.243. The van der Waals surface area contributed by atoms with Crippen molar-refractivity contribution in [1.82, 2.24) is 14.9 Å². The minimum Gasteiger partial charge on any atom is -0.296 e. The molecule has 2 aliphatic heterocycles. The van der Waals surface area contributed by atoms with Gasteiger partial charge in [0.2, 0.25) is 5.91 Å². The van der Waals surface area contributed by atoms with E-state index in [-0.39, 0.29) is 11.9 Å². The second-order valence-electron chi connectivity index (χ2n) is 8.26. The van der Waals surface area contributed by atoms with Crippen LogP contribution in [0.3, 0.4) is 0 Å². The van der Waals surface area contributed by atoms with Gasteiger partial charge in [-0.3, -0.25) is 14.6 Å². The van der Waals surface area contributed by atoms with Crippen LogP contribution in [0, 0.1) is 12.8 Å². The zero-order valence-corrected chi connectivity index (χ0v) is 15.8. The van der Waals surface area contributed by atoms with E-state index < -0.39 is 0 Å². The molecule has 0 N–H and O–H groups in total. The summed E-state index contributed by atoms with van der Waals surface area (Å²) >= 11 is 0. The molecular weight excluding hydrogens is 312 g/mol. The number of nitrogens with zero attached hydrogens (tertiary/aromatic N) is 4. The lowest BCUT2D eigenvalue weighted by atomic mass is 9.98. The first-order valence-electron chi connectivity index (χ1n) is 9.98. The lowest BCUT2D eigenvalue weighted by Crippen LogP contribution is -2.41. The van der Waals surface area contributed by atoms with Gasteiger partial charge in [0.15, 0.2) is 0 Å². The molecule has 1 aromatic heterocycles. The van der Waals surface area contributed by atoms with E-state index >= 15 is 0 Å². The van der Waals surface area contributed by atoms with Gasteiger partial charge in [0.25, 0.3) is 0 Å². The lowest BCUT2D eigenvalue weighted by molar-refractivity contribution is -0.119. The molecule has 5 heteroatoms. The highest BCUT2D eigenvalue weighted by molar-refractivity contribution is 5.95. The molecule has 1 aliphatic carbocycles. The Balaban J connectivity index is 1.71. The van der Waals surface area contributed by atoms with E-state index in [0.717, 1.165) is 43.3 Å². The van der Waals surface area contributed by atoms with E-state index in [2.05, 4.69) is 25.7 Å². The second kappa shape index (κ2) is 6.67. The molecule has 0 spiro atoms. The van der Waals surface area contributed by atoms with Crippen LogP contribution in [-0.2, 0) is 11.2 Å². The SMILES string of the molecule is Cc1nc(C2CCCCN2C(C)C)nc2c1CCC(=O)N2CC1CC1. The van der Waals surface area contributed by atoms with E-state index in [4.69, 9.17) is 9.97 Å². The molecule has 0 aromatic carbocycles. The summed E-state index contributed by atoms with van der Waals surface area (Å²) in [5.74, 6) is 2.77. The molecule has 3 heterocycles. The highest BCUT2D eigenvalue weighted by Crippen LogP contribution is 2.37. The van der Waals surface area contributed by atoms with Crippen LogP contribution < -0.4 is 4.90 Å². The Bertz CT molecular complexity index is 668. The highest BCUT2D eigenvalue weighted by atomic mass is 16.2. The molecular formula is C20H30N4O. The number of carbonyl (C=O) groups excluding carboxylic acids is 1. The Kier molecular flexibility index (Phi) is 4.52. The largest absolute Gasteiger partial charge is 0.296 e. The van der Waals surface area contributed by atoms with Gasteiger partial charge in [-0.2, -0.15) is 0 Å². The summed E-state index contributed by atoms with van der Waals surface area (Å²) in [6.45, 7) is 8.57. The summed E-state index contributed by atoms with van der Waals surface area (Å²) in [7, 11) is 0. The fourth-order valence-electron chi connectivity index (χ4n) is 4.35. The van der Waals surface area contributed by atoms with Crippen molar-refractivity contribution in [3.8, 4) is 0 Å². The third-order valence-electron chi connectivity index (χ3n) is 6.00. The Morgan fingerprint density at radius 1 is 1.12 bits per heavy atom. The van der Waals surface area contributed by atoms with E-state index in [1.165, 1.54) is 31.2 Å². The number of hydrogen-bond acceptors (Lipinski definition) is 4. The normalized spacial score (nSPS) is 24.7. The van der Waals surface area contributed by atoms with Crippen LogP contribution in [0.2, 0.25) is 0 Å². The molecule has 5 nitrogen and oxygen atoms in total. The van der Waals surface area contributed by atoms with Crippen LogP contribution in [0.4, 0.5) is 5.82 Å². The first-order valence-corrected chi connectivity index (χ1v) is 9.98. The average molecular weight is 342 g/mol. The quantitative estimate of drug-likeness (QED) is 0.841. The maximum atomic E-state index is 12.5. The molecule has 25 heavy (non-hydrogen) atoms. The Labute approximate surface area is 150 Å². The van der Waals surface area contributed by atoms with Gasteiger partial charge >= 0.3 is 0 Å². The average Bonchev–Trinajstić information content (AvgIpc) is 3.41. The van der Waals surface area contributed by atoms with Crippen molar-refractivity contribution < 1.29 is 4.79 Å². The van der Waals surface area contributed by atoms with Crippen LogP contribution >= 0.6 is 0 Å². The first kappa shape index (κ1) is 17.0. The summed E-state index contributed by atoms with van der Waals surface area (Å²) in [5, 5.41) is 0. The predicted molar refractivity (Wildman–Crippen MR) is 98.6 cm³/mol. The monoisotopic (exact) mass is 342 g/mol. The number of amides is 1. The molecule has 3 aliphatic rings. The topological polar surface area (TPSA) is 49.3 Å². The number of likely N-dealkylation sites (tertiary alicyclic amines) is 1. The van der Waals surface area contributed by atoms with Crippen molar-refractivity contribution in [3.05, 3.63) is 17.1 Å². The van der Waals surface area contributed by atoms with Crippen molar-refractivity contribution >= 4 is 11.7 Å². The number of fused-ring (bicyclic) bond motifs is 1. The number of anilines is 1. The van der Waals surface area contributed by atoms with Gasteiger partial charge in [0, 0.05) is 30.3 Å². The van der Waals surface area contributed by atoms with Crippen LogP contribution in [0.15, 0.2) is 0 Å². The van der Waals surface area contributed by atoms with Gasteiger partial charge in [0.05, 0.1) is 6.04 Å². The van der Waals surface area contributed by atoms with Crippen LogP contribution in [0.1, 0.15) is 75.5 Å². The first-order chi connectivity index (χ1) is 12.0. The van der Waals surface area contributed by atoms with E-state index in [1.807, 2.05) is 4.90 Å². The smallest absolute Gasteiger partial charge is 0.228 e. The van der Waals surface area contributed by atoms with Gasteiger partial charge in [-0.15, -0.1) is 0 Å². The minimum atomic E-state index is 0.243. The molecule has 1 aromatic rings. The maximum Gasteiger partial charge on any atom is 0.228 e. The third-order valence-corrected chi connectivity index (χ3v) is 6.00. The molecule has 0 bridgehead atoms. The molecule has 1 amide bonds. The fraction of sp³-hybridized carbons (Fsp3) is 0.750. The van der Waals surface area contributed by atoms with Crippen LogP contribution in [-0.4, -0.2) is 39.9 Å². The van der Waals surface area contributed by atoms with Gasteiger partial charge < -0.3 is 0 Å². The van der Waals surface area contributed by atoms with E-state index in [9.17, 15) is 4.79 Å². The summed E-state index contributed by atoms with van der Waals surface area (Å²) in [6.07, 6.45) is 7.50. The van der Waals surface area contributed by atoms with Gasteiger partial charge in [-0.1, -0.05) is 6.42 Å². The van der Waals surface area contributed by atoms with E-state index in [0.29, 0.717) is 18.4 Å².